The lowest BCUT2D eigenvalue weighted by atomic mass is 9.86. The molecule has 2 N–H and O–H groups in total. The van der Waals surface area contributed by atoms with Crippen molar-refractivity contribution in [3.05, 3.63) is 0 Å². The minimum absolute atomic E-state index is 0.0923. The lowest BCUT2D eigenvalue weighted by molar-refractivity contribution is -0.0910. The molecule has 1 saturated heterocycles. The van der Waals surface area contributed by atoms with Crippen LogP contribution >= 0.6 is 0 Å². The summed E-state index contributed by atoms with van der Waals surface area (Å²) >= 11 is 0. The van der Waals surface area contributed by atoms with Crippen molar-refractivity contribution in [3.63, 3.8) is 0 Å². The van der Waals surface area contributed by atoms with Gasteiger partial charge in [-0.2, -0.15) is 0 Å². The molecule has 2 aliphatic heterocycles. The lowest BCUT2D eigenvalue weighted by Gasteiger charge is -2.40. The topological polar surface area (TPSA) is 45.7 Å². The van der Waals surface area contributed by atoms with Gasteiger partial charge in [-0.25, -0.2) is 0 Å². The summed E-state index contributed by atoms with van der Waals surface area (Å²) in [6.45, 7) is 7.18. The molecule has 0 bridgehead atoms. The van der Waals surface area contributed by atoms with E-state index in [2.05, 4.69) is 29.5 Å². The monoisotopic (exact) mass is 225 g/mol. The maximum absolute atomic E-state index is 5.96. The highest BCUT2D eigenvalue weighted by Gasteiger charge is 2.34. The van der Waals surface area contributed by atoms with Crippen molar-refractivity contribution >= 4 is 5.96 Å². The van der Waals surface area contributed by atoms with E-state index in [1.807, 2.05) is 0 Å². The zero-order valence-corrected chi connectivity index (χ0v) is 10.4. The standard InChI is InChI=1S/C12H23N3O/c1-3-12(4-2)9-10(5-8-16-12)15-11-13-6-7-14-11/h10H,3-9H2,1-2H3,(H2,13,14,15). The highest BCUT2D eigenvalue weighted by molar-refractivity contribution is 5.81. The second-order valence-corrected chi connectivity index (χ2v) is 4.73. The molecule has 92 valence electrons. The summed E-state index contributed by atoms with van der Waals surface area (Å²) in [4.78, 5) is 4.38. The average Bonchev–Trinajstić information content (AvgIpc) is 2.82. The molecule has 4 heteroatoms. The summed E-state index contributed by atoms with van der Waals surface area (Å²) in [5, 5.41) is 6.77. The van der Waals surface area contributed by atoms with E-state index >= 15 is 0 Å². The van der Waals surface area contributed by atoms with Gasteiger partial charge in [-0.1, -0.05) is 13.8 Å². The van der Waals surface area contributed by atoms with Gasteiger partial charge in [0.1, 0.15) is 0 Å². The van der Waals surface area contributed by atoms with E-state index in [1.54, 1.807) is 0 Å². The summed E-state index contributed by atoms with van der Waals surface area (Å²) in [6, 6.07) is 0.512. The van der Waals surface area contributed by atoms with Crippen molar-refractivity contribution in [2.75, 3.05) is 19.7 Å². The van der Waals surface area contributed by atoms with Crippen LogP contribution in [0.3, 0.4) is 0 Å². The van der Waals surface area contributed by atoms with E-state index in [1.165, 1.54) is 0 Å². The maximum atomic E-state index is 5.96. The first kappa shape index (κ1) is 11.7. The van der Waals surface area contributed by atoms with Crippen molar-refractivity contribution in [3.8, 4) is 0 Å². The van der Waals surface area contributed by atoms with E-state index in [0.717, 1.165) is 51.3 Å². The zero-order chi connectivity index (χ0) is 11.4. The van der Waals surface area contributed by atoms with Gasteiger partial charge < -0.3 is 15.4 Å². The van der Waals surface area contributed by atoms with Crippen LogP contribution < -0.4 is 10.6 Å². The van der Waals surface area contributed by atoms with Gasteiger partial charge in [0.15, 0.2) is 5.96 Å². The molecule has 0 radical (unpaired) electrons. The number of guanidine groups is 1. The van der Waals surface area contributed by atoms with Gasteiger partial charge in [-0.05, 0) is 25.7 Å². The van der Waals surface area contributed by atoms with Gasteiger partial charge in [0.05, 0.1) is 12.1 Å². The van der Waals surface area contributed by atoms with Crippen molar-refractivity contribution in [2.24, 2.45) is 4.99 Å². The molecule has 0 aromatic carbocycles. The van der Waals surface area contributed by atoms with Gasteiger partial charge in [0.25, 0.3) is 0 Å². The largest absolute Gasteiger partial charge is 0.375 e. The van der Waals surface area contributed by atoms with Crippen LogP contribution in [0.15, 0.2) is 4.99 Å². The smallest absolute Gasteiger partial charge is 0.191 e. The fourth-order valence-electron chi connectivity index (χ4n) is 2.58. The van der Waals surface area contributed by atoms with E-state index in [9.17, 15) is 0 Å². The van der Waals surface area contributed by atoms with Crippen molar-refractivity contribution in [2.45, 2.75) is 51.2 Å². The van der Waals surface area contributed by atoms with E-state index in [4.69, 9.17) is 4.74 Å². The first-order valence-corrected chi connectivity index (χ1v) is 6.47. The Kier molecular flexibility index (Phi) is 3.69. The molecule has 1 unspecified atom stereocenters. The zero-order valence-electron chi connectivity index (χ0n) is 10.4. The van der Waals surface area contributed by atoms with Crippen molar-refractivity contribution < 1.29 is 4.74 Å². The molecule has 2 aliphatic rings. The third-order valence-corrected chi connectivity index (χ3v) is 3.80. The predicted octanol–water partition coefficient (Wildman–Crippen LogP) is 1.27. The fraction of sp³-hybridized carbons (Fsp3) is 0.917. The van der Waals surface area contributed by atoms with E-state index in [0.29, 0.717) is 6.04 Å². The maximum Gasteiger partial charge on any atom is 0.191 e. The Labute approximate surface area is 97.9 Å². The number of hydrogen-bond acceptors (Lipinski definition) is 4. The Morgan fingerprint density at radius 3 is 2.94 bits per heavy atom. The van der Waals surface area contributed by atoms with Crippen LogP contribution in [-0.4, -0.2) is 37.3 Å². The Morgan fingerprint density at radius 1 is 1.50 bits per heavy atom. The van der Waals surface area contributed by atoms with Crippen LogP contribution in [0.5, 0.6) is 0 Å². The number of rotatable bonds is 3. The summed E-state index contributed by atoms with van der Waals surface area (Å²) in [5.41, 5.74) is 0.0923. The molecule has 0 aromatic heterocycles. The van der Waals surface area contributed by atoms with Crippen molar-refractivity contribution in [1.82, 2.24) is 10.6 Å². The summed E-state index contributed by atoms with van der Waals surface area (Å²) in [7, 11) is 0. The number of aliphatic imine (C=N–C) groups is 1. The molecule has 2 heterocycles. The molecule has 0 amide bonds. The Bertz CT molecular complexity index is 261. The minimum atomic E-state index is 0.0923. The predicted molar refractivity (Wildman–Crippen MR) is 65.7 cm³/mol. The van der Waals surface area contributed by atoms with Crippen molar-refractivity contribution in [1.29, 1.82) is 0 Å². The minimum Gasteiger partial charge on any atom is -0.375 e. The quantitative estimate of drug-likeness (QED) is 0.760. The second kappa shape index (κ2) is 5.04. The molecule has 1 fully saturated rings. The Hall–Kier alpha value is -0.770. The van der Waals surface area contributed by atoms with Gasteiger partial charge >= 0.3 is 0 Å². The molecular formula is C12H23N3O. The SMILES string of the molecule is CCC1(CC)CC(NC2=NCCN2)CCO1. The van der Waals surface area contributed by atoms with E-state index < -0.39 is 0 Å². The van der Waals surface area contributed by atoms with Gasteiger partial charge in [0, 0.05) is 19.2 Å². The van der Waals surface area contributed by atoms with Gasteiger partial charge in [0.2, 0.25) is 0 Å². The normalized spacial score (nSPS) is 28.4. The second-order valence-electron chi connectivity index (χ2n) is 4.73. The number of hydrogen-bond donors (Lipinski definition) is 2. The molecule has 0 aromatic rings. The molecule has 2 rings (SSSR count). The van der Waals surface area contributed by atoms with Gasteiger partial charge in [-0.3, -0.25) is 4.99 Å². The summed E-state index contributed by atoms with van der Waals surface area (Å²) in [5.74, 6) is 0.980. The highest BCUT2D eigenvalue weighted by atomic mass is 16.5. The summed E-state index contributed by atoms with van der Waals surface area (Å²) in [6.07, 6.45) is 4.38. The molecule has 16 heavy (non-hydrogen) atoms. The summed E-state index contributed by atoms with van der Waals surface area (Å²) < 4.78 is 5.96. The number of ether oxygens (including phenoxy) is 1. The van der Waals surface area contributed by atoms with Crippen LogP contribution in [0.25, 0.3) is 0 Å². The van der Waals surface area contributed by atoms with Gasteiger partial charge in [-0.15, -0.1) is 0 Å². The first-order chi connectivity index (χ1) is 7.78. The van der Waals surface area contributed by atoms with E-state index in [-0.39, 0.29) is 5.60 Å². The number of nitrogens with one attached hydrogen (secondary N) is 2. The van der Waals surface area contributed by atoms with Crippen LogP contribution in [0.1, 0.15) is 39.5 Å². The van der Waals surface area contributed by atoms with Crippen LogP contribution in [0.2, 0.25) is 0 Å². The molecule has 4 nitrogen and oxygen atoms in total. The third kappa shape index (κ3) is 2.48. The average molecular weight is 225 g/mol. The molecule has 0 spiro atoms. The first-order valence-electron chi connectivity index (χ1n) is 6.47. The lowest BCUT2D eigenvalue weighted by Crippen LogP contribution is -2.50. The highest BCUT2D eigenvalue weighted by Crippen LogP contribution is 2.31. The molecule has 1 atom stereocenters. The fourth-order valence-corrected chi connectivity index (χ4v) is 2.58. The molecule has 0 aliphatic carbocycles. The van der Waals surface area contributed by atoms with Crippen LogP contribution in [-0.2, 0) is 4.74 Å². The van der Waals surface area contributed by atoms with Crippen LogP contribution in [0, 0.1) is 0 Å². The third-order valence-electron chi connectivity index (χ3n) is 3.80. The van der Waals surface area contributed by atoms with Crippen LogP contribution in [0.4, 0.5) is 0 Å². The number of nitrogens with zero attached hydrogens (tertiary/aromatic N) is 1. The molecular weight excluding hydrogens is 202 g/mol. The Morgan fingerprint density at radius 2 is 2.31 bits per heavy atom. The Balaban J connectivity index is 1.90. The molecule has 0 saturated carbocycles.